The Morgan fingerprint density at radius 2 is 1.70 bits per heavy atom. The van der Waals surface area contributed by atoms with Gasteiger partial charge in [0.15, 0.2) is 5.75 Å². The topological polar surface area (TPSA) is 102 Å². The first kappa shape index (κ1) is 25.9. The average molecular weight is 543 g/mol. The zero-order chi connectivity index (χ0) is 26.7. The van der Waals surface area contributed by atoms with Gasteiger partial charge in [0.25, 0.3) is 11.8 Å². The molecule has 1 saturated heterocycles. The summed E-state index contributed by atoms with van der Waals surface area (Å²) in [5.74, 6) is -2.66. The molecule has 0 spiro atoms. The molecule has 11 heteroatoms. The largest absolute Gasteiger partial charge is 0.486 e. The maximum Gasteiger partial charge on any atom is 0.337 e. The number of hydrogen-bond acceptors (Lipinski definition) is 6. The second kappa shape index (κ2) is 10.8. The molecule has 1 heterocycles. The van der Waals surface area contributed by atoms with Crippen molar-refractivity contribution in [2.45, 2.75) is 6.61 Å². The van der Waals surface area contributed by atoms with Crippen molar-refractivity contribution < 1.29 is 33.0 Å². The summed E-state index contributed by atoms with van der Waals surface area (Å²) < 4.78 is 23.7. The van der Waals surface area contributed by atoms with Crippen LogP contribution >= 0.6 is 23.2 Å². The van der Waals surface area contributed by atoms with Crippen LogP contribution in [0.5, 0.6) is 5.75 Å². The van der Waals surface area contributed by atoms with Gasteiger partial charge in [-0.15, -0.1) is 0 Å². The number of urea groups is 1. The molecule has 37 heavy (non-hydrogen) atoms. The Hall–Kier alpha value is -4.21. The van der Waals surface area contributed by atoms with Crippen LogP contribution < -0.4 is 15.0 Å². The van der Waals surface area contributed by atoms with Crippen molar-refractivity contribution in [3.8, 4) is 5.75 Å². The molecule has 1 fully saturated rings. The molecular weight excluding hydrogens is 526 g/mol. The third kappa shape index (κ3) is 5.63. The number of ether oxygens (including phenoxy) is 2. The number of barbiturate groups is 1. The first-order chi connectivity index (χ1) is 17.7. The highest BCUT2D eigenvalue weighted by Gasteiger charge is 2.37. The number of carbonyl (C=O) groups is 4. The van der Waals surface area contributed by atoms with E-state index in [4.69, 9.17) is 27.9 Å². The number of rotatable bonds is 6. The average Bonchev–Trinajstić information content (AvgIpc) is 2.86. The van der Waals surface area contributed by atoms with Crippen LogP contribution in [0.4, 0.5) is 14.9 Å². The van der Waals surface area contributed by atoms with Gasteiger partial charge in [0.2, 0.25) is 0 Å². The van der Waals surface area contributed by atoms with Crippen LogP contribution in [0.2, 0.25) is 10.0 Å². The fraction of sp³-hybridized carbons (Fsp3) is 0.0769. The van der Waals surface area contributed by atoms with Crippen molar-refractivity contribution in [2.75, 3.05) is 12.0 Å². The molecule has 3 aromatic carbocycles. The Bertz CT molecular complexity index is 1430. The monoisotopic (exact) mass is 542 g/mol. The summed E-state index contributed by atoms with van der Waals surface area (Å²) in [5.41, 5.74) is 0.851. The Labute approximate surface area is 220 Å². The zero-order valence-corrected chi connectivity index (χ0v) is 20.6. The van der Waals surface area contributed by atoms with E-state index in [0.29, 0.717) is 11.1 Å². The molecule has 1 aliphatic rings. The molecule has 0 atom stereocenters. The van der Waals surface area contributed by atoms with Crippen molar-refractivity contribution >= 4 is 58.8 Å². The van der Waals surface area contributed by atoms with Crippen molar-refractivity contribution in [1.82, 2.24) is 5.32 Å². The normalized spacial score (nSPS) is 14.5. The molecular formula is C26H17Cl2FN2O6. The van der Waals surface area contributed by atoms with E-state index in [-0.39, 0.29) is 39.2 Å². The molecule has 1 N–H and O–H groups in total. The number of amides is 4. The predicted octanol–water partition coefficient (Wildman–Crippen LogP) is 5.16. The molecule has 0 unspecified atom stereocenters. The maximum atomic E-state index is 13.4. The van der Waals surface area contributed by atoms with E-state index in [0.717, 1.165) is 4.90 Å². The third-order valence-electron chi connectivity index (χ3n) is 5.25. The standard InChI is InChI=1S/C26H17Cl2FN2O6/c1-36-25(34)16-5-7-18(8-6-16)31-24(33)19(23(32)30-26(31)35)10-15-11-20(27)22(21(28)12-15)37-13-14-3-2-4-17(29)9-14/h2-12H,13H2,1H3,(H,30,32,35)/b19-10+. The minimum Gasteiger partial charge on any atom is -0.486 e. The van der Waals surface area contributed by atoms with Gasteiger partial charge in [-0.1, -0.05) is 35.3 Å². The van der Waals surface area contributed by atoms with Gasteiger partial charge in [-0.3, -0.25) is 14.9 Å². The van der Waals surface area contributed by atoms with Gasteiger partial charge in [0.1, 0.15) is 18.0 Å². The molecule has 8 nitrogen and oxygen atoms in total. The number of carbonyl (C=O) groups excluding carboxylic acids is 4. The van der Waals surface area contributed by atoms with E-state index in [2.05, 4.69) is 10.1 Å². The first-order valence-electron chi connectivity index (χ1n) is 10.6. The predicted molar refractivity (Wildman–Crippen MR) is 134 cm³/mol. The third-order valence-corrected chi connectivity index (χ3v) is 5.81. The SMILES string of the molecule is COC(=O)c1ccc(N2C(=O)NC(=O)/C(=C\c3cc(Cl)c(OCc4cccc(F)c4)c(Cl)c3)C2=O)cc1. The van der Waals surface area contributed by atoms with E-state index in [9.17, 15) is 23.6 Å². The molecule has 0 saturated carbocycles. The maximum absolute atomic E-state index is 13.4. The van der Waals surface area contributed by atoms with Crippen LogP contribution in [0.25, 0.3) is 6.08 Å². The van der Waals surface area contributed by atoms with Gasteiger partial charge < -0.3 is 9.47 Å². The zero-order valence-electron chi connectivity index (χ0n) is 19.1. The number of esters is 1. The lowest BCUT2D eigenvalue weighted by Crippen LogP contribution is -2.54. The number of anilines is 1. The molecule has 0 bridgehead atoms. The number of methoxy groups -OCH3 is 1. The van der Waals surface area contributed by atoms with Crippen molar-refractivity contribution in [2.24, 2.45) is 0 Å². The highest BCUT2D eigenvalue weighted by Crippen LogP contribution is 2.36. The number of halogens is 3. The van der Waals surface area contributed by atoms with Gasteiger partial charge in [-0.25, -0.2) is 18.9 Å². The summed E-state index contributed by atoms with van der Waals surface area (Å²) >= 11 is 12.6. The minimum absolute atomic E-state index is 0.00433. The molecule has 0 radical (unpaired) electrons. The highest BCUT2D eigenvalue weighted by atomic mass is 35.5. The highest BCUT2D eigenvalue weighted by molar-refractivity contribution is 6.40. The van der Waals surface area contributed by atoms with Gasteiger partial charge in [-0.2, -0.15) is 0 Å². The Balaban J connectivity index is 1.59. The first-order valence-corrected chi connectivity index (χ1v) is 11.4. The van der Waals surface area contributed by atoms with E-state index < -0.39 is 29.6 Å². The second-order valence-corrected chi connectivity index (χ2v) is 8.54. The fourth-order valence-corrected chi connectivity index (χ4v) is 4.12. The Kier molecular flexibility index (Phi) is 7.56. The van der Waals surface area contributed by atoms with E-state index in [1.54, 1.807) is 12.1 Å². The summed E-state index contributed by atoms with van der Waals surface area (Å²) in [7, 11) is 1.22. The summed E-state index contributed by atoms with van der Waals surface area (Å²) in [6.45, 7) is 0.00433. The van der Waals surface area contributed by atoms with Crippen molar-refractivity contribution in [3.05, 3.63) is 98.8 Å². The van der Waals surface area contributed by atoms with Crippen LogP contribution in [0.3, 0.4) is 0 Å². The number of imide groups is 2. The summed E-state index contributed by atoms with van der Waals surface area (Å²) in [4.78, 5) is 50.4. The number of benzene rings is 3. The summed E-state index contributed by atoms with van der Waals surface area (Å²) in [6.07, 6.45) is 1.23. The number of hydrogen-bond donors (Lipinski definition) is 1. The van der Waals surface area contributed by atoms with Crippen LogP contribution in [-0.4, -0.2) is 30.9 Å². The summed E-state index contributed by atoms with van der Waals surface area (Å²) in [5, 5.41) is 2.28. The number of nitrogens with one attached hydrogen (secondary N) is 1. The number of nitrogens with zero attached hydrogens (tertiary/aromatic N) is 1. The van der Waals surface area contributed by atoms with E-state index >= 15 is 0 Å². The van der Waals surface area contributed by atoms with Crippen molar-refractivity contribution in [3.63, 3.8) is 0 Å². The molecule has 4 amide bonds. The van der Waals surface area contributed by atoms with Crippen molar-refractivity contribution in [1.29, 1.82) is 0 Å². The lowest BCUT2D eigenvalue weighted by atomic mass is 10.1. The Morgan fingerprint density at radius 3 is 2.32 bits per heavy atom. The van der Waals surface area contributed by atoms with Gasteiger partial charge in [0.05, 0.1) is 28.4 Å². The molecule has 0 aliphatic carbocycles. The van der Waals surface area contributed by atoms with Crippen LogP contribution in [0.15, 0.2) is 66.2 Å². The molecule has 1 aliphatic heterocycles. The lowest BCUT2D eigenvalue weighted by Gasteiger charge is -2.26. The second-order valence-electron chi connectivity index (χ2n) is 7.73. The molecule has 0 aromatic heterocycles. The molecule has 3 aromatic rings. The van der Waals surface area contributed by atoms with Crippen LogP contribution in [0, 0.1) is 5.82 Å². The van der Waals surface area contributed by atoms with Gasteiger partial charge in [0, 0.05) is 0 Å². The molecule has 4 rings (SSSR count). The summed E-state index contributed by atoms with van der Waals surface area (Å²) in [6, 6.07) is 13.2. The lowest BCUT2D eigenvalue weighted by molar-refractivity contribution is -0.122. The van der Waals surface area contributed by atoms with Gasteiger partial charge in [-0.05, 0) is 65.7 Å². The Morgan fingerprint density at radius 1 is 1.03 bits per heavy atom. The van der Waals surface area contributed by atoms with Crippen LogP contribution in [0.1, 0.15) is 21.5 Å². The van der Waals surface area contributed by atoms with Crippen LogP contribution in [-0.2, 0) is 20.9 Å². The smallest absolute Gasteiger partial charge is 0.337 e. The fourth-order valence-electron chi connectivity index (χ4n) is 3.51. The van der Waals surface area contributed by atoms with Gasteiger partial charge >= 0.3 is 12.0 Å². The van der Waals surface area contributed by atoms with E-state index in [1.807, 2.05) is 0 Å². The quantitative estimate of drug-likeness (QED) is 0.262. The minimum atomic E-state index is -0.949. The van der Waals surface area contributed by atoms with E-state index in [1.165, 1.54) is 61.7 Å². The molecule has 188 valence electrons.